The van der Waals surface area contributed by atoms with Crippen LogP contribution < -0.4 is 16.8 Å². The van der Waals surface area contributed by atoms with Crippen molar-refractivity contribution in [3.05, 3.63) is 0 Å². The van der Waals surface area contributed by atoms with Crippen molar-refractivity contribution in [2.24, 2.45) is 17.4 Å². The molecule has 0 spiro atoms. The quantitative estimate of drug-likeness (QED) is 0.624. The largest absolute Gasteiger partial charge is 0.369 e. The molecule has 5 N–H and O–H groups in total. The Morgan fingerprint density at radius 3 is 2.56 bits per heavy atom. The summed E-state index contributed by atoms with van der Waals surface area (Å²) in [4.78, 5) is 22.8. The summed E-state index contributed by atoms with van der Waals surface area (Å²) >= 11 is 0. The van der Waals surface area contributed by atoms with Crippen LogP contribution in [-0.4, -0.2) is 23.9 Å². The van der Waals surface area contributed by atoms with Gasteiger partial charge in [0.25, 0.3) is 0 Å². The van der Waals surface area contributed by atoms with Gasteiger partial charge in [-0.1, -0.05) is 19.8 Å². The van der Waals surface area contributed by atoms with E-state index in [2.05, 4.69) is 5.32 Å². The molecule has 3 atom stereocenters. The molecule has 0 aromatic heterocycles. The van der Waals surface area contributed by atoms with Crippen molar-refractivity contribution in [2.75, 3.05) is 0 Å². The highest BCUT2D eigenvalue weighted by molar-refractivity contribution is 5.83. The Bertz CT molecular complexity index is 268. The molecule has 2 amide bonds. The second kappa shape index (κ2) is 5.84. The van der Waals surface area contributed by atoms with Gasteiger partial charge in [-0.25, -0.2) is 0 Å². The lowest BCUT2D eigenvalue weighted by molar-refractivity contribution is -0.126. The Morgan fingerprint density at radius 2 is 2.00 bits per heavy atom. The van der Waals surface area contributed by atoms with Crippen LogP contribution in [-0.2, 0) is 9.59 Å². The molecule has 5 nitrogen and oxygen atoms in total. The Kier molecular flexibility index (Phi) is 4.73. The normalized spacial score (nSPS) is 27.1. The van der Waals surface area contributed by atoms with Gasteiger partial charge in [0.2, 0.25) is 11.8 Å². The molecule has 1 saturated carbocycles. The van der Waals surface area contributed by atoms with E-state index in [0.29, 0.717) is 6.42 Å². The molecular weight excluding hydrogens is 206 g/mol. The van der Waals surface area contributed by atoms with E-state index in [-0.39, 0.29) is 23.8 Å². The third-order valence-electron chi connectivity index (χ3n) is 3.24. The van der Waals surface area contributed by atoms with Gasteiger partial charge < -0.3 is 16.8 Å². The first-order valence-electron chi connectivity index (χ1n) is 5.91. The monoisotopic (exact) mass is 227 g/mol. The van der Waals surface area contributed by atoms with Crippen molar-refractivity contribution < 1.29 is 9.59 Å². The predicted octanol–water partition coefficient (Wildman–Crippen LogP) is -0.116. The summed E-state index contributed by atoms with van der Waals surface area (Å²) in [5.41, 5.74) is 10.9. The van der Waals surface area contributed by atoms with Crippen LogP contribution in [0.3, 0.4) is 0 Å². The van der Waals surface area contributed by atoms with Crippen molar-refractivity contribution in [3.8, 4) is 0 Å². The summed E-state index contributed by atoms with van der Waals surface area (Å²) in [7, 11) is 0. The molecule has 0 aliphatic heterocycles. The van der Waals surface area contributed by atoms with Crippen LogP contribution in [0.25, 0.3) is 0 Å². The maximum absolute atomic E-state index is 11.6. The van der Waals surface area contributed by atoms with Gasteiger partial charge in [0.05, 0.1) is 12.0 Å². The minimum Gasteiger partial charge on any atom is -0.369 e. The summed E-state index contributed by atoms with van der Waals surface area (Å²) in [6.07, 6.45) is 4.20. The SMILES string of the molecule is CC[C@H](N)C(=O)NC1CCCCC1C(N)=O. The summed E-state index contributed by atoms with van der Waals surface area (Å²) in [5.74, 6) is -0.738. The lowest BCUT2D eigenvalue weighted by atomic mass is 9.84. The molecule has 0 heterocycles. The minimum absolute atomic E-state index is 0.128. The first-order chi connectivity index (χ1) is 7.56. The van der Waals surface area contributed by atoms with Crippen molar-refractivity contribution in [3.63, 3.8) is 0 Å². The van der Waals surface area contributed by atoms with Crippen molar-refractivity contribution in [1.29, 1.82) is 0 Å². The summed E-state index contributed by atoms with van der Waals surface area (Å²) in [6.45, 7) is 1.86. The van der Waals surface area contributed by atoms with Gasteiger partial charge >= 0.3 is 0 Å². The molecule has 1 rings (SSSR count). The molecule has 1 fully saturated rings. The molecule has 0 saturated heterocycles. The molecule has 1 aliphatic carbocycles. The first-order valence-corrected chi connectivity index (χ1v) is 5.91. The summed E-state index contributed by atoms with van der Waals surface area (Å²) in [5, 5.41) is 2.84. The summed E-state index contributed by atoms with van der Waals surface area (Å²) in [6, 6.07) is -0.619. The average Bonchev–Trinajstić information content (AvgIpc) is 2.28. The number of hydrogen-bond donors (Lipinski definition) is 3. The molecule has 0 aromatic rings. The van der Waals surface area contributed by atoms with Crippen LogP contribution in [0, 0.1) is 5.92 Å². The van der Waals surface area contributed by atoms with Gasteiger partial charge in [0.1, 0.15) is 0 Å². The third-order valence-corrected chi connectivity index (χ3v) is 3.24. The van der Waals surface area contributed by atoms with E-state index in [1.165, 1.54) is 0 Å². The van der Waals surface area contributed by atoms with E-state index in [1.807, 2.05) is 6.92 Å². The fourth-order valence-electron chi connectivity index (χ4n) is 2.12. The minimum atomic E-state index is -0.490. The van der Waals surface area contributed by atoms with Gasteiger partial charge in [-0.3, -0.25) is 9.59 Å². The van der Waals surface area contributed by atoms with Crippen molar-refractivity contribution in [1.82, 2.24) is 5.32 Å². The Morgan fingerprint density at radius 1 is 1.38 bits per heavy atom. The maximum Gasteiger partial charge on any atom is 0.237 e. The summed E-state index contributed by atoms with van der Waals surface area (Å²) < 4.78 is 0. The molecule has 2 unspecified atom stereocenters. The third kappa shape index (κ3) is 3.20. The molecular formula is C11H21N3O2. The molecule has 16 heavy (non-hydrogen) atoms. The molecule has 0 radical (unpaired) electrons. The second-order valence-electron chi connectivity index (χ2n) is 4.42. The van der Waals surface area contributed by atoms with Crippen molar-refractivity contribution >= 4 is 11.8 Å². The van der Waals surface area contributed by atoms with E-state index in [9.17, 15) is 9.59 Å². The molecule has 92 valence electrons. The van der Waals surface area contributed by atoms with Crippen LogP contribution in [0.4, 0.5) is 0 Å². The zero-order valence-electron chi connectivity index (χ0n) is 9.74. The highest BCUT2D eigenvalue weighted by Crippen LogP contribution is 2.24. The van der Waals surface area contributed by atoms with E-state index in [1.54, 1.807) is 0 Å². The van der Waals surface area contributed by atoms with E-state index >= 15 is 0 Å². The number of carbonyl (C=O) groups is 2. The number of amides is 2. The fraction of sp³-hybridized carbons (Fsp3) is 0.818. The maximum atomic E-state index is 11.6. The van der Waals surface area contributed by atoms with Crippen LogP contribution in [0.1, 0.15) is 39.0 Å². The highest BCUT2D eigenvalue weighted by Gasteiger charge is 2.31. The van der Waals surface area contributed by atoms with Crippen LogP contribution >= 0.6 is 0 Å². The zero-order chi connectivity index (χ0) is 12.1. The van der Waals surface area contributed by atoms with Gasteiger partial charge in [-0.05, 0) is 19.3 Å². The van der Waals surface area contributed by atoms with Crippen LogP contribution in [0.15, 0.2) is 0 Å². The lowest BCUT2D eigenvalue weighted by Gasteiger charge is -2.30. The fourth-order valence-corrected chi connectivity index (χ4v) is 2.12. The standard InChI is InChI=1S/C11H21N3O2/c1-2-8(12)11(16)14-9-6-4-3-5-7(9)10(13)15/h7-9H,2-6,12H2,1H3,(H2,13,15)(H,14,16)/t7?,8-,9?/m0/s1. The number of nitrogens with two attached hydrogens (primary N) is 2. The zero-order valence-corrected chi connectivity index (χ0v) is 9.74. The number of nitrogens with one attached hydrogen (secondary N) is 1. The lowest BCUT2D eigenvalue weighted by Crippen LogP contribution is -2.51. The van der Waals surface area contributed by atoms with E-state index < -0.39 is 6.04 Å². The van der Waals surface area contributed by atoms with Crippen LogP contribution in [0.5, 0.6) is 0 Å². The topological polar surface area (TPSA) is 98.2 Å². The number of rotatable bonds is 4. The molecule has 1 aliphatic rings. The number of carbonyl (C=O) groups excluding carboxylic acids is 2. The van der Waals surface area contributed by atoms with E-state index in [0.717, 1.165) is 25.7 Å². The van der Waals surface area contributed by atoms with Crippen LogP contribution in [0.2, 0.25) is 0 Å². The number of primary amides is 1. The van der Waals surface area contributed by atoms with Gasteiger partial charge in [-0.2, -0.15) is 0 Å². The molecule has 0 aromatic carbocycles. The molecule has 0 bridgehead atoms. The Hall–Kier alpha value is -1.10. The van der Waals surface area contributed by atoms with Crippen molar-refractivity contribution in [2.45, 2.75) is 51.1 Å². The van der Waals surface area contributed by atoms with Gasteiger partial charge in [-0.15, -0.1) is 0 Å². The van der Waals surface area contributed by atoms with E-state index in [4.69, 9.17) is 11.5 Å². The average molecular weight is 227 g/mol. The Labute approximate surface area is 95.9 Å². The predicted molar refractivity (Wildman–Crippen MR) is 61.3 cm³/mol. The number of hydrogen-bond acceptors (Lipinski definition) is 3. The van der Waals surface area contributed by atoms with Gasteiger partial charge in [0.15, 0.2) is 0 Å². The molecule has 5 heteroatoms. The smallest absolute Gasteiger partial charge is 0.237 e. The second-order valence-corrected chi connectivity index (χ2v) is 4.42. The first kappa shape index (κ1) is 13.0. The Balaban J connectivity index is 2.56. The van der Waals surface area contributed by atoms with Gasteiger partial charge in [0, 0.05) is 6.04 Å². The highest BCUT2D eigenvalue weighted by atomic mass is 16.2.